The van der Waals surface area contributed by atoms with Crippen LogP contribution in [0.4, 0.5) is 0 Å². The number of nitrogens with one attached hydrogen (secondary N) is 1. The second-order valence-corrected chi connectivity index (χ2v) is 3.76. The molecule has 1 amide bonds. The Hall–Kier alpha value is -1.82. The number of amides is 1. The first kappa shape index (κ1) is 12.3. The van der Waals surface area contributed by atoms with Crippen molar-refractivity contribution in [2.75, 3.05) is 0 Å². The number of hydrogen-bond acceptors (Lipinski definition) is 2. The Bertz CT molecular complexity index is 407. The van der Waals surface area contributed by atoms with Crippen molar-refractivity contribution in [2.24, 2.45) is 0 Å². The maximum Gasteiger partial charge on any atom is 0.252 e. The molecular weight excluding hydrogens is 200 g/mol. The SMILES string of the molecule is CCCC(C#N)NC(=O)c1ccccc1C. The van der Waals surface area contributed by atoms with Gasteiger partial charge in [0.15, 0.2) is 0 Å². The first-order valence-electron chi connectivity index (χ1n) is 5.45. The van der Waals surface area contributed by atoms with Crippen LogP contribution in [0.15, 0.2) is 24.3 Å². The number of benzene rings is 1. The van der Waals surface area contributed by atoms with Crippen LogP contribution in [0, 0.1) is 18.3 Å². The molecule has 1 aromatic rings. The van der Waals surface area contributed by atoms with Gasteiger partial charge in [0.05, 0.1) is 6.07 Å². The second kappa shape index (κ2) is 5.92. The predicted molar refractivity (Wildman–Crippen MR) is 63.0 cm³/mol. The lowest BCUT2D eigenvalue weighted by molar-refractivity contribution is 0.0943. The van der Waals surface area contributed by atoms with Gasteiger partial charge in [0, 0.05) is 5.56 Å². The zero-order valence-electron chi connectivity index (χ0n) is 9.66. The molecule has 1 rings (SSSR count). The summed E-state index contributed by atoms with van der Waals surface area (Å²) in [7, 11) is 0. The minimum absolute atomic E-state index is 0.168. The first-order chi connectivity index (χ1) is 7.69. The number of hydrogen-bond donors (Lipinski definition) is 1. The fourth-order valence-corrected chi connectivity index (χ4v) is 1.52. The molecule has 84 valence electrons. The average molecular weight is 216 g/mol. The number of nitriles is 1. The van der Waals surface area contributed by atoms with E-state index in [-0.39, 0.29) is 5.91 Å². The van der Waals surface area contributed by atoms with Crippen LogP contribution in [0.2, 0.25) is 0 Å². The summed E-state index contributed by atoms with van der Waals surface area (Å²) in [5, 5.41) is 11.6. The zero-order chi connectivity index (χ0) is 12.0. The number of aryl methyl sites for hydroxylation is 1. The van der Waals surface area contributed by atoms with Gasteiger partial charge in [-0.2, -0.15) is 5.26 Å². The lowest BCUT2D eigenvalue weighted by Gasteiger charge is -2.11. The summed E-state index contributed by atoms with van der Waals surface area (Å²) in [5.41, 5.74) is 1.56. The molecule has 0 saturated heterocycles. The van der Waals surface area contributed by atoms with E-state index in [4.69, 9.17) is 5.26 Å². The lowest BCUT2D eigenvalue weighted by atomic mass is 10.1. The summed E-state index contributed by atoms with van der Waals surface area (Å²) >= 11 is 0. The quantitative estimate of drug-likeness (QED) is 0.840. The molecule has 0 aliphatic heterocycles. The largest absolute Gasteiger partial charge is 0.336 e. The van der Waals surface area contributed by atoms with Crippen LogP contribution >= 0.6 is 0 Å². The van der Waals surface area contributed by atoms with E-state index in [9.17, 15) is 4.79 Å². The predicted octanol–water partition coefficient (Wildman–Crippen LogP) is 2.42. The van der Waals surface area contributed by atoms with Gasteiger partial charge >= 0.3 is 0 Å². The third-order valence-electron chi connectivity index (χ3n) is 2.43. The van der Waals surface area contributed by atoms with Gasteiger partial charge in [-0.1, -0.05) is 31.5 Å². The fraction of sp³-hybridized carbons (Fsp3) is 0.385. The van der Waals surface area contributed by atoms with Crippen LogP contribution in [-0.4, -0.2) is 11.9 Å². The topological polar surface area (TPSA) is 52.9 Å². The monoisotopic (exact) mass is 216 g/mol. The second-order valence-electron chi connectivity index (χ2n) is 3.76. The number of carbonyl (C=O) groups is 1. The summed E-state index contributed by atoms with van der Waals surface area (Å²) in [6.07, 6.45) is 1.57. The molecule has 1 N–H and O–H groups in total. The Morgan fingerprint density at radius 2 is 2.19 bits per heavy atom. The third kappa shape index (κ3) is 3.09. The van der Waals surface area contributed by atoms with E-state index >= 15 is 0 Å². The zero-order valence-corrected chi connectivity index (χ0v) is 9.66. The van der Waals surface area contributed by atoms with E-state index in [0.29, 0.717) is 12.0 Å². The molecule has 1 atom stereocenters. The van der Waals surface area contributed by atoms with Gasteiger partial charge in [0.2, 0.25) is 0 Å². The molecule has 0 bridgehead atoms. The van der Waals surface area contributed by atoms with Crippen LogP contribution in [0.25, 0.3) is 0 Å². The average Bonchev–Trinajstić information content (AvgIpc) is 2.28. The third-order valence-corrected chi connectivity index (χ3v) is 2.43. The van der Waals surface area contributed by atoms with E-state index in [1.54, 1.807) is 6.07 Å². The van der Waals surface area contributed by atoms with E-state index in [0.717, 1.165) is 12.0 Å². The maximum absolute atomic E-state index is 11.8. The highest BCUT2D eigenvalue weighted by atomic mass is 16.1. The van der Waals surface area contributed by atoms with Gasteiger partial charge in [0.25, 0.3) is 5.91 Å². The molecule has 0 heterocycles. The molecule has 3 heteroatoms. The van der Waals surface area contributed by atoms with Gasteiger partial charge in [-0.05, 0) is 25.0 Å². The molecule has 0 aromatic heterocycles. The van der Waals surface area contributed by atoms with E-state index in [1.165, 1.54) is 0 Å². The molecule has 16 heavy (non-hydrogen) atoms. The molecule has 0 aliphatic rings. The van der Waals surface area contributed by atoms with Gasteiger partial charge in [-0.15, -0.1) is 0 Å². The Kier molecular flexibility index (Phi) is 4.53. The highest BCUT2D eigenvalue weighted by Crippen LogP contribution is 2.07. The van der Waals surface area contributed by atoms with E-state index in [2.05, 4.69) is 11.4 Å². The van der Waals surface area contributed by atoms with Crippen molar-refractivity contribution in [3.05, 3.63) is 35.4 Å². The molecular formula is C13H16N2O. The van der Waals surface area contributed by atoms with Gasteiger partial charge < -0.3 is 5.32 Å². The summed E-state index contributed by atoms with van der Waals surface area (Å²) < 4.78 is 0. The van der Waals surface area contributed by atoms with Crippen molar-refractivity contribution >= 4 is 5.91 Å². The van der Waals surface area contributed by atoms with Crippen molar-refractivity contribution in [2.45, 2.75) is 32.7 Å². The van der Waals surface area contributed by atoms with Crippen LogP contribution in [-0.2, 0) is 0 Å². The van der Waals surface area contributed by atoms with Gasteiger partial charge in [0.1, 0.15) is 6.04 Å². The number of nitrogens with zero attached hydrogens (tertiary/aromatic N) is 1. The summed E-state index contributed by atoms with van der Waals surface area (Å²) in [4.78, 5) is 11.8. The van der Waals surface area contributed by atoms with Crippen molar-refractivity contribution in [3.63, 3.8) is 0 Å². The minimum atomic E-state index is -0.392. The van der Waals surface area contributed by atoms with Crippen LogP contribution in [0.1, 0.15) is 35.7 Å². The maximum atomic E-state index is 11.8. The van der Waals surface area contributed by atoms with E-state index in [1.807, 2.05) is 32.0 Å². The summed E-state index contributed by atoms with van der Waals surface area (Å²) in [6, 6.07) is 9.06. The molecule has 0 fully saturated rings. The van der Waals surface area contributed by atoms with Crippen molar-refractivity contribution < 1.29 is 4.79 Å². The smallest absolute Gasteiger partial charge is 0.252 e. The highest BCUT2D eigenvalue weighted by Gasteiger charge is 2.13. The molecule has 0 aliphatic carbocycles. The first-order valence-corrected chi connectivity index (χ1v) is 5.45. The fourth-order valence-electron chi connectivity index (χ4n) is 1.52. The summed E-state index contributed by atoms with van der Waals surface area (Å²) in [6.45, 7) is 3.88. The van der Waals surface area contributed by atoms with Gasteiger partial charge in [-0.3, -0.25) is 4.79 Å². The van der Waals surface area contributed by atoms with Gasteiger partial charge in [-0.25, -0.2) is 0 Å². The Labute approximate surface area is 96.1 Å². The molecule has 1 aromatic carbocycles. The summed E-state index contributed by atoms with van der Waals surface area (Å²) in [5.74, 6) is -0.168. The Morgan fingerprint density at radius 1 is 1.50 bits per heavy atom. The Balaban J connectivity index is 2.73. The van der Waals surface area contributed by atoms with E-state index < -0.39 is 6.04 Å². The number of rotatable bonds is 4. The normalized spacial score (nSPS) is 11.6. The van der Waals surface area contributed by atoms with Crippen molar-refractivity contribution in [1.82, 2.24) is 5.32 Å². The van der Waals surface area contributed by atoms with Crippen molar-refractivity contribution in [1.29, 1.82) is 5.26 Å². The molecule has 3 nitrogen and oxygen atoms in total. The Morgan fingerprint density at radius 3 is 2.75 bits per heavy atom. The minimum Gasteiger partial charge on any atom is -0.336 e. The van der Waals surface area contributed by atoms with Crippen LogP contribution < -0.4 is 5.32 Å². The van der Waals surface area contributed by atoms with Crippen LogP contribution in [0.3, 0.4) is 0 Å². The molecule has 0 saturated carbocycles. The lowest BCUT2D eigenvalue weighted by Crippen LogP contribution is -2.33. The number of carbonyl (C=O) groups excluding carboxylic acids is 1. The van der Waals surface area contributed by atoms with Crippen molar-refractivity contribution in [3.8, 4) is 6.07 Å². The molecule has 0 spiro atoms. The molecule has 1 unspecified atom stereocenters. The molecule has 0 radical (unpaired) electrons. The van der Waals surface area contributed by atoms with Crippen LogP contribution in [0.5, 0.6) is 0 Å². The highest BCUT2D eigenvalue weighted by molar-refractivity contribution is 5.95. The standard InChI is InChI=1S/C13H16N2O/c1-3-6-11(9-14)15-13(16)12-8-5-4-7-10(12)2/h4-5,7-8,11H,3,6H2,1-2H3,(H,15,16).